The standard InChI is InChI=1S/C36H53NO13/c1-3-4-12-23-13-10-8-6-5-7-9-11-14-24(48-35-33(42)31(37)32(41)21(2)46-35)18-28-30(34(43)44)25(39)20-36(45,50-28)19-22(38)17-27-26(49-27)15-16-29(40)47-23/h5-11,14-16,21-28,30-33,35,38-39,41-42,45H,3-4,12-13,17-20,37H2,1-2H3,(H,43,44)/b6-5+,9-7+,10-8+,14-11+,16-15+/t21-,22+,23?,24+,25+,26-,27-,28+,30-,31+,32-,33+,35+,36-/m1/s1. The monoisotopic (exact) mass is 707 g/mol. The van der Waals surface area contributed by atoms with Crippen LogP contribution >= 0.6 is 0 Å². The number of esters is 1. The molecular formula is C36H53NO13. The lowest BCUT2D eigenvalue weighted by Gasteiger charge is -2.45. The summed E-state index contributed by atoms with van der Waals surface area (Å²) < 4.78 is 29.0. The van der Waals surface area contributed by atoms with E-state index in [9.17, 15) is 40.2 Å². The molecule has 0 saturated carbocycles. The SMILES string of the molecule is CCCCC1C/C=C/C=C/C=C/C=C/[C@H](O[C@@H]2O[C@H](C)[C@@H](O)[C@H](N)[C@@H]2O)C[C@@H]2O[C@](O)(C[C@@H](O)C[C@H]3O[C@@H]3/C=C/C(=O)O1)C[C@H](O)[C@H]2C(=O)O. The van der Waals surface area contributed by atoms with E-state index in [1.165, 1.54) is 6.08 Å². The van der Waals surface area contributed by atoms with Gasteiger partial charge in [-0.15, -0.1) is 0 Å². The van der Waals surface area contributed by atoms with Crippen LogP contribution in [-0.2, 0) is 33.3 Å². The first-order valence-corrected chi connectivity index (χ1v) is 17.4. The summed E-state index contributed by atoms with van der Waals surface area (Å²) in [7, 11) is 0. The van der Waals surface area contributed by atoms with Gasteiger partial charge in [0.15, 0.2) is 12.1 Å². The molecule has 4 rings (SSSR count). The number of carbonyl (C=O) groups excluding carboxylic acids is 1. The van der Waals surface area contributed by atoms with Crippen molar-refractivity contribution in [1.29, 1.82) is 0 Å². The molecule has 3 fully saturated rings. The molecule has 4 heterocycles. The van der Waals surface area contributed by atoms with Crippen LogP contribution in [0.1, 0.15) is 65.2 Å². The zero-order valence-corrected chi connectivity index (χ0v) is 28.6. The summed E-state index contributed by atoms with van der Waals surface area (Å²) in [5.41, 5.74) is 6.00. The van der Waals surface area contributed by atoms with Crippen molar-refractivity contribution in [2.45, 2.75) is 144 Å². The second-order valence-electron chi connectivity index (χ2n) is 13.5. The number of ether oxygens (including phenoxy) is 5. The number of hydrogen-bond acceptors (Lipinski definition) is 13. The van der Waals surface area contributed by atoms with Gasteiger partial charge in [0.1, 0.15) is 24.2 Å². The van der Waals surface area contributed by atoms with E-state index >= 15 is 0 Å². The van der Waals surface area contributed by atoms with Gasteiger partial charge in [-0.2, -0.15) is 0 Å². The Balaban J connectivity index is 1.58. The van der Waals surface area contributed by atoms with Gasteiger partial charge in [0.05, 0.1) is 48.8 Å². The number of rotatable bonds is 6. The second kappa shape index (κ2) is 18.6. The van der Waals surface area contributed by atoms with Crippen LogP contribution in [0.25, 0.3) is 0 Å². The summed E-state index contributed by atoms with van der Waals surface area (Å²) >= 11 is 0. The predicted octanol–water partition coefficient (Wildman–Crippen LogP) is 1.29. The van der Waals surface area contributed by atoms with E-state index in [2.05, 4.69) is 6.92 Å². The Bertz CT molecular complexity index is 1270. The molecule has 0 aromatic carbocycles. The molecule has 2 bridgehead atoms. The average molecular weight is 708 g/mol. The molecule has 14 atom stereocenters. The smallest absolute Gasteiger partial charge is 0.330 e. The number of hydrogen-bond donors (Lipinski definition) is 7. The molecule has 0 amide bonds. The number of carbonyl (C=O) groups is 2. The van der Waals surface area contributed by atoms with E-state index in [0.717, 1.165) is 19.3 Å². The number of nitrogens with two attached hydrogens (primary N) is 1. The maximum Gasteiger partial charge on any atom is 0.330 e. The molecule has 4 aliphatic heterocycles. The lowest BCUT2D eigenvalue weighted by molar-refractivity contribution is -0.308. The van der Waals surface area contributed by atoms with Gasteiger partial charge in [0.25, 0.3) is 0 Å². The lowest BCUT2D eigenvalue weighted by Crippen LogP contribution is -2.61. The predicted molar refractivity (Wildman–Crippen MR) is 179 cm³/mol. The highest BCUT2D eigenvalue weighted by Gasteiger charge is 2.51. The molecule has 0 radical (unpaired) electrons. The van der Waals surface area contributed by atoms with Crippen molar-refractivity contribution in [2.24, 2.45) is 11.7 Å². The average Bonchev–Trinajstić information content (AvgIpc) is 3.78. The Morgan fingerprint density at radius 2 is 1.70 bits per heavy atom. The van der Waals surface area contributed by atoms with Gasteiger partial charge < -0.3 is 60.1 Å². The number of cyclic esters (lactones) is 1. The molecule has 0 aliphatic carbocycles. The quantitative estimate of drug-likeness (QED) is 0.152. The van der Waals surface area contributed by atoms with Gasteiger partial charge in [-0.05, 0) is 19.4 Å². The van der Waals surface area contributed by atoms with Crippen LogP contribution < -0.4 is 5.73 Å². The number of aliphatic hydroxyl groups is 5. The topological polar surface area (TPSA) is 231 Å². The van der Waals surface area contributed by atoms with Crippen molar-refractivity contribution in [3.8, 4) is 0 Å². The molecule has 280 valence electrons. The molecule has 50 heavy (non-hydrogen) atoms. The molecule has 14 heteroatoms. The maximum absolute atomic E-state index is 12.5. The number of epoxide rings is 1. The molecule has 14 nitrogen and oxygen atoms in total. The minimum absolute atomic E-state index is 0.0816. The Hall–Kier alpha value is -2.76. The van der Waals surface area contributed by atoms with Crippen LogP contribution in [0.3, 0.4) is 0 Å². The Labute approximate surface area is 292 Å². The van der Waals surface area contributed by atoms with E-state index < -0.39 is 97.3 Å². The van der Waals surface area contributed by atoms with Crippen LogP contribution in [0.4, 0.5) is 0 Å². The fourth-order valence-corrected chi connectivity index (χ4v) is 6.54. The molecular weight excluding hydrogens is 654 g/mol. The summed E-state index contributed by atoms with van der Waals surface area (Å²) in [5, 5.41) is 64.2. The van der Waals surface area contributed by atoms with Crippen LogP contribution in [0, 0.1) is 5.92 Å². The highest BCUT2D eigenvalue weighted by atomic mass is 16.7. The Morgan fingerprint density at radius 1 is 0.980 bits per heavy atom. The number of unbranched alkanes of at least 4 members (excludes halogenated alkanes) is 1. The molecule has 0 aromatic heterocycles. The van der Waals surface area contributed by atoms with Crippen molar-refractivity contribution in [1.82, 2.24) is 0 Å². The molecule has 0 aromatic rings. The first-order chi connectivity index (χ1) is 23.8. The number of carboxylic acid groups (broad SMARTS) is 1. The van der Waals surface area contributed by atoms with Gasteiger partial charge in [-0.25, -0.2) is 4.79 Å². The van der Waals surface area contributed by atoms with Crippen LogP contribution in [0.2, 0.25) is 0 Å². The van der Waals surface area contributed by atoms with Gasteiger partial charge in [0, 0.05) is 38.2 Å². The van der Waals surface area contributed by atoms with Crippen molar-refractivity contribution < 1.29 is 63.9 Å². The molecule has 1 unspecified atom stereocenters. The summed E-state index contributed by atoms with van der Waals surface area (Å²) in [6.07, 6.45) is 8.24. The van der Waals surface area contributed by atoms with E-state index in [-0.39, 0.29) is 25.4 Å². The first kappa shape index (κ1) is 40.0. The summed E-state index contributed by atoms with van der Waals surface area (Å²) in [5.74, 6) is -5.41. The highest BCUT2D eigenvalue weighted by molar-refractivity contribution is 5.82. The van der Waals surface area contributed by atoms with Crippen LogP contribution in [0.15, 0.2) is 60.8 Å². The molecule has 8 N–H and O–H groups in total. The van der Waals surface area contributed by atoms with Gasteiger partial charge in [-0.3, -0.25) is 4.79 Å². The van der Waals surface area contributed by atoms with Crippen molar-refractivity contribution >= 4 is 11.9 Å². The maximum atomic E-state index is 12.5. The molecule has 3 saturated heterocycles. The van der Waals surface area contributed by atoms with Gasteiger partial charge in [-0.1, -0.05) is 68.4 Å². The normalized spacial score (nSPS) is 45.1. The van der Waals surface area contributed by atoms with E-state index in [4.69, 9.17) is 29.4 Å². The lowest BCUT2D eigenvalue weighted by atomic mass is 9.83. The summed E-state index contributed by atoms with van der Waals surface area (Å²) in [6, 6.07) is -1.08. The third-order valence-corrected chi connectivity index (χ3v) is 9.35. The Kier molecular flexibility index (Phi) is 14.9. The zero-order chi connectivity index (χ0) is 36.4. The van der Waals surface area contributed by atoms with Gasteiger partial charge in [0.2, 0.25) is 0 Å². The largest absolute Gasteiger partial charge is 0.481 e. The van der Waals surface area contributed by atoms with E-state index in [1.807, 2.05) is 18.2 Å². The van der Waals surface area contributed by atoms with Crippen LogP contribution in [-0.4, -0.2) is 122 Å². The second-order valence-corrected chi connectivity index (χ2v) is 13.5. The van der Waals surface area contributed by atoms with Crippen LogP contribution in [0.5, 0.6) is 0 Å². The number of carboxylic acids is 1. The number of allylic oxidation sites excluding steroid dienone is 6. The first-order valence-electron chi connectivity index (χ1n) is 17.4. The summed E-state index contributed by atoms with van der Waals surface area (Å²) in [4.78, 5) is 24.8. The minimum Gasteiger partial charge on any atom is -0.481 e. The minimum atomic E-state index is -2.10. The zero-order valence-electron chi connectivity index (χ0n) is 28.6. The fraction of sp³-hybridized carbons (Fsp3) is 0.667. The third kappa shape index (κ3) is 11.6. The molecule has 4 aliphatic rings. The van der Waals surface area contributed by atoms with Crippen molar-refractivity contribution in [3.05, 3.63) is 60.8 Å². The van der Waals surface area contributed by atoms with Crippen molar-refractivity contribution in [3.63, 3.8) is 0 Å². The fourth-order valence-electron chi connectivity index (χ4n) is 6.54. The van der Waals surface area contributed by atoms with Gasteiger partial charge >= 0.3 is 11.9 Å². The number of aliphatic hydroxyl groups excluding tert-OH is 4. The number of aliphatic carboxylic acids is 1. The Morgan fingerprint density at radius 3 is 2.42 bits per heavy atom. The number of fused-ring (bicyclic) bond motifs is 3. The third-order valence-electron chi connectivity index (χ3n) is 9.35. The van der Waals surface area contributed by atoms with E-state index in [1.54, 1.807) is 43.4 Å². The van der Waals surface area contributed by atoms with E-state index in [0.29, 0.717) is 6.42 Å². The van der Waals surface area contributed by atoms with Crippen molar-refractivity contribution in [2.75, 3.05) is 0 Å². The molecule has 0 spiro atoms. The summed E-state index contributed by atoms with van der Waals surface area (Å²) in [6.45, 7) is 3.64. The highest BCUT2D eigenvalue weighted by Crippen LogP contribution is 2.39.